The Kier molecular flexibility index (Phi) is 8.02. The molecule has 22 heavy (non-hydrogen) atoms. The number of benzene rings is 1. The number of halogens is 3. The Morgan fingerprint density at radius 3 is 2.32 bits per heavy atom. The molecule has 0 saturated heterocycles. The SMILES string of the molecule is C=C(C)C(=O)OC(OC(=O)c1cc(I)cc(I)c1I)C(C)O. The number of carbonyl (C=O) groups excluding carboxylic acids is 2. The number of carbonyl (C=O) groups is 2. The highest BCUT2D eigenvalue weighted by atomic mass is 127. The Morgan fingerprint density at radius 1 is 1.23 bits per heavy atom. The van der Waals surface area contributed by atoms with Crippen molar-refractivity contribution in [3.63, 3.8) is 0 Å². The van der Waals surface area contributed by atoms with Gasteiger partial charge in [0.1, 0.15) is 6.10 Å². The second kappa shape index (κ2) is 8.78. The number of esters is 2. The van der Waals surface area contributed by atoms with E-state index in [2.05, 4.69) is 51.8 Å². The lowest BCUT2D eigenvalue weighted by Gasteiger charge is -2.21. The zero-order valence-electron chi connectivity index (χ0n) is 11.7. The molecule has 0 heterocycles. The molecule has 0 fully saturated rings. The lowest BCUT2D eigenvalue weighted by molar-refractivity contribution is -0.181. The summed E-state index contributed by atoms with van der Waals surface area (Å²) < 4.78 is 12.6. The summed E-state index contributed by atoms with van der Waals surface area (Å²) in [4.78, 5) is 23.8. The predicted octanol–water partition coefficient (Wildman–Crippen LogP) is 3.48. The molecule has 2 unspecified atom stereocenters. The summed E-state index contributed by atoms with van der Waals surface area (Å²) in [5.41, 5.74) is 0.508. The van der Waals surface area contributed by atoms with Crippen molar-refractivity contribution in [1.29, 1.82) is 0 Å². The van der Waals surface area contributed by atoms with Gasteiger partial charge in [0, 0.05) is 16.3 Å². The molecular weight excluding hydrogens is 629 g/mol. The van der Waals surface area contributed by atoms with Gasteiger partial charge in [-0.2, -0.15) is 0 Å². The molecule has 0 aliphatic heterocycles. The molecule has 1 N–H and O–H groups in total. The number of ether oxygens (including phenoxy) is 2. The summed E-state index contributed by atoms with van der Waals surface area (Å²) in [6.07, 6.45) is -2.55. The summed E-state index contributed by atoms with van der Waals surface area (Å²) in [5.74, 6) is -1.40. The van der Waals surface area contributed by atoms with Crippen LogP contribution in [-0.2, 0) is 14.3 Å². The number of hydrogen-bond donors (Lipinski definition) is 1. The van der Waals surface area contributed by atoms with Crippen molar-refractivity contribution in [3.05, 3.63) is 40.6 Å². The van der Waals surface area contributed by atoms with Gasteiger partial charge >= 0.3 is 11.9 Å². The normalized spacial score (nSPS) is 13.2. The summed E-state index contributed by atoms with van der Waals surface area (Å²) >= 11 is 6.25. The van der Waals surface area contributed by atoms with E-state index in [1.165, 1.54) is 13.8 Å². The summed E-state index contributed by atoms with van der Waals surface area (Å²) in [5, 5.41) is 9.63. The van der Waals surface area contributed by atoms with Crippen LogP contribution in [0.3, 0.4) is 0 Å². The molecule has 0 amide bonds. The molecule has 2 atom stereocenters. The number of aliphatic hydroxyl groups excluding tert-OH is 1. The van der Waals surface area contributed by atoms with E-state index in [-0.39, 0.29) is 5.57 Å². The largest absolute Gasteiger partial charge is 0.419 e. The van der Waals surface area contributed by atoms with Gasteiger partial charge in [0.2, 0.25) is 0 Å². The highest BCUT2D eigenvalue weighted by Gasteiger charge is 2.26. The van der Waals surface area contributed by atoms with Crippen LogP contribution in [0.2, 0.25) is 0 Å². The molecule has 0 aliphatic carbocycles. The Morgan fingerprint density at radius 2 is 1.82 bits per heavy atom. The van der Waals surface area contributed by atoms with Gasteiger partial charge in [-0.25, -0.2) is 9.59 Å². The monoisotopic (exact) mass is 642 g/mol. The molecule has 5 nitrogen and oxygen atoms in total. The fraction of sp³-hybridized carbons (Fsp3) is 0.286. The lowest BCUT2D eigenvalue weighted by atomic mass is 10.2. The number of aliphatic hydroxyl groups is 1. The minimum absolute atomic E-state index is 0.153. The molecule has 0 saturated carbocycles. The van der Waals surface area contributed by atoms with E-state index in [1.54, 1.807) is 6.07 Å². The molecule has 0 radical (unpaired) electrons. The molecule has 1 aromatic carbocycles. The third-order valence-corrected chi connectivity index (χ3v) is 6.07. The van der Waals surface area contributed by atoms with Crippen LogP contribution in [0.15, 0.2) is 24.3 Å². The molecule has 1 rings (SSSR count). The van der Waals surface area contributed by atoms with Crippen LogP contribution in [0.5, 0.6) is 0 Å². The number of rotatable bonds is 5. The fourth-order valence-corrected chi connectivity index (χ4v) is 3.68. The summed E-state index contributed by atoms with van der Waals surface area (Å²) in [6.45, 7) is 6.28. The van der Waals surface area contributed by atoms with E-state index in [1.807, 2.05) is 28.7 Å². The van der Waals surface area contributed by atoms with Crippen molar-refractivity contribution >= 4 is 79.7 Å². The zero-order valence-corrected chi connectivity index (χ0v) is 18.2. The predicted molar refractivity (Wildman–Crippen MR) is 106 cm³/mol. The van der Waals surface area contributed by atoms with Crippen molar-refractivity contribution in [2.24, 2.45) is 0 Å². The summed E-state index contributed by atoms with van der Waals surface area (Å²) in [6, 6.07) is 3.60. The minimum atomic E-state index is -1.39. The third-order valence-electron chi connectivity index (χ3n) is 2.40. The van der Waals surface area contributed by atoms with Gasteiger partial charge in [-0.3, -0.25) is 0 Å². The van der Waals surface area contributed by atoms with Crippen LogP contribution in [0, 0.1) is 10.7 Å². The molecule has 120 valence electrons. The van der Waals surface area contributed by atoms with Crippen molar-refractivity contribution < 1.29 is 24.2 Å². The first kappa shape index (κ1) is 20.1. The van der Waals surface area contributed by atoms with E-state index in [0.717, 1.165) is 10.7 Å². The van der Waals surface area contributed by atoms with Crippen LogP contribution in [0.25, 0.3) is 0 Å². The lowest BCUT2D eigenvalue weighted by Crippen LogP contribution is -2.34. The van der Waals surface area contributed by atoms with Gasteiger partial charge < -0.3 is 14.6 Å². The molecule has 1 aromatic rings. The van der Waals surface area contributed by atoms with Gasteiger partial charge in [0.15, 0.2) is 0 Å². The average Bonchev–Trinajstić information content (AvgIpc) is 2.41. The highest BCUT2D eigenvalue weighted by Crippen LogP contribution is 2.24. The molecular formula is C14H13I3O5. The van der Waals surface area contributed by atoms with Crippen molar-refractivity contribution in [1.82, 2.24) is 0 Å². The Bertz CT molecular complexity index is 613. The second-order valence-electron chi connectivity index (χ2n) is 4.45. The maximum atomic E-state index is 12.3. The fourth-order valence-electron chi connectivity index (χ4n) is 1.30. The first-order chi connectivity index (χ1) is 10.1. The van der Waals surface area contributed by atoms with Crippen LogP contribution >= 0.6 is 67.8 Å². The topological polar surface area (TPSA) is 72.8 Å². The Hall–Kier alpha value is 0.0500. The molecule has 0 bridgehead atoms. The van der Waals surface area contributed by atoms with Crippen molar-refractivity contribution in [2.75, 3.05) is 0 Å². The average molecular weight is 642 g/mol. The van der Waals surface area contributed by atoms with E-state index >= 15 is 0 Å². The van der Waals surface area contributed by atoms with E-state index in [0.29, 0.717) is 5.56 Å². The maximum Gasteiger partial charge on any atom is 0.342 e. The standard InChI is InChI=1S/C14H13I3O5/c1-6(2)12(19)21-14(7(3)18)22-13(20)9-4-8(15)5-10(16)11(9)17/h4-5,7,14,18H,1H2,2-3H3. The van der Waals surface area contributed by atoms with E-state index in [4.69, 9.17) is 9.47 Å². The van der Waals surface area contributed by atoms with Gasteiger partial charge in [-0.1, -0.05) is 6.58 Å². The Balaban J connectivity index is 2.97. The first-order valence-corrected chi connectivity index (χ1v) is 9.27. The quantitative estimate of drug-likeness (QED) is 0.175. The first-order valence-electron chi connectivity index (χ1n) is 6.03. The third kappa shape index (κ3) is 5.60. The molecule has 8 heteroatoms. The van der Waals surface area contributed by atoms with Gasteiger partial charge in [0.05, 0.1) is 5.56 Å². The van der Waals surface area contributed by atoms with Gasteiger partial charge in [-0.05, 0) is 93.8 Å². The van der Waals surface area contributed by atoms with Crippen molar-refractivity contribution in [3.8, 4) is 0 Å². The number of hydrogen-bond acceptors (Lipinski definition) is 5. The van der Waals surface area contributed by atoms with Gasteiger partial charge in [0.25, 0.3) is 6.29 Å². The zero-order chi connectivity index (χ0) is 17.0. The van der Waals surface area contributed by atoms with E-state index in [9.17, 15) is 14.7 Å². The van der Waals surface area contributed by atoms with Crippen LogP contribution in [-0.4, -0.2) is 29.4 Å². The molecule has 0 aromatic heterocycles. The smallest absolute Gasteiger partial charge is 0.342 e. The van der Waals surface area contributed by atoms with Crippen LogP contribution < -0.4 is 0 Å². The minimum Gasteiger partial charge on any atom is -0.419 e. The van der Waals surface area contributed by atoms with Crippen LogP contribution in [0.4, 0.5) is 0 Å². The highest BCUT2D eigenvalue weighted by molar-refractivity contribution is 14.1. The molecule has 0 spiro atoms. The second-order valence-corrected chi connectivity index (χ2v) is 7.94. The van der Waals surface area contributed by atoms with Crippen LogP contribution in [0.1, 0.15) is 24.2 Å². The maximum absolute atomic E-state index is 12.3. The van der Waals surface area contributed by atoms with Crippen molar-refractivity contribution in [2.45, 2.75) is 26.2 Å². The molecule has 0 aliphatic rings. The summed E-state index contributed by atoms with van der Waals surface area (Å²) in [7, 11) is 0. The van der Waals surface area contributed by atoms with Gasteiger partial charge in [-0.15, -0.1) is 0 Å². The van der Waals surface area contributed by atoms with E-state index < -0.39 is 24.3 Å². The Labute approximate surface area is 169 Å².